The number of carbonyl (C=O) groups is 4. The number of aromatic nitrogens is 2. The van der Waals surface area contributed by atoms with Crippen molar-refractivity contribution in [2.24, 2.45) is 28.1 Å². The molecular formula is C27H41N9O6. The number of phenols is 1. The molecule has 12 N–H and O–H groups in total. The summed E-state index contributed by atoms with van der Waals surface area (Å²) in [7, 11) is 0. The molecule has 3 amide bonds. The molecule has 0 radical (unpaired) electrons. The Bertz CT molecular complexity index is 1200. The summed E-state index contributed by atoms with van der Waals surface area (Å²) >= 11 is 0. The van der Waals surface area contributed by atoms with E-state index in [0.29, 0.717) is 12.1 Å². The third kappa shape index (κ3) is 11.8. The second-order valence-corrected chi connectivity index (χ2v) is 10.4. The van der Waals surface area contributed by atoms with E-state index in [2.05, 4.69) is 30.9 Å². The zero-order valence-electron chi connectivity index (χ0n) is 23.7. The summed E-state index contributed by atoms with van der Waals surface area (Å²) in [6.45, 7) is 3.92. The highest BCUT2D eigenvalue weighted by atomic mass is 16.4. The molecule has 0 aliphatic heterocycles. The predicted molar refractivity (Wildman–Crippen MR) is 155 cm³/mol. The molecule has 4 atom stereocenters. The number of aliphatic imine (C=N–C) groups is 1. The van der Waals surface area contributed by atoms with Crippen LogP contribution in [0.2, 0.25) is 0 Å². The van der Waals surface area contributed by atoms with E-state index < -0.39 is 47.9 Å². The number of aromatic amines is 1. The number of nitrogens with one attached hydrogen (secondary N) is 4. The van der Waals surface area contributed by atoms with E-state index in [1.807, 2.05) is 13.8 Å². The average Bonchev–Trinajstić information content (AvgIpc) is 3.43. The Morgan fingerprint density at radius 1 is 0.952 bits per heavy atom. The van der Waals surface area contributed by atoms with Crippen molar-refractivity contribution in [2.45, 2.75) is 70.1 Å². The van der Waals surface area contributed by atoms with Crippen LogP contribution in [-0.2, 0) is 32.0 Å². The summed E-state index contributed by atoms with van der Waals surface area (Å²) < 4.78 is 0. The number of aromatic hydroxyl groups is 1. The number of hydrogen-bond acceptors (Lipinski definition) is 8. The highest BCUT2D eigenvalue weighted by Crippen LogP contribution is 2.12. The third-order valence-electron chi connectivity index (χ3n) is 6.24. The summed E-state index contributed by atoms with van der Waals surface area (Å²) in [6, 6.07) is 1.82. The summed E-state index contributed by atoms with van der Waals surface area (Å²) in [5.41, 5.74) is 18.1. The van der Waals surface area contributed by atoms with Crippen molar-refractivity contribution < 1.29 is 29.4 Å². The number of imidazole rings is 1. The lowest BCUT2D eigenvalue weighted by Gasteiger charge is -2.26. The topological polar surface area (TPSA) is 264 Å². The first kappa shape index (κ1) is 33.5. The number of carbonyl (C=O) groups excluding carboxylic acids is 3. The molecule has 1 aromatic heterocycles. The van der Waals surface area contributed by atoms with Crippen LogP contribution >= 0.6 is 0 Å². The number of guanidine groups is 1. The minimum atomic E-state index is -1.29. The van der Waals surface area contributed by atoms with Crippen LogP contribution in [0.4, 0.5) is 0 Å². The van der Waals surface area contributed by atoms with Crippen molar-refractivity contribution in [3.05, 3.63) is 48.0 Å². The van der Waals surface area contributed by atoms with E-state index in [4.69, 9.17) is 17.2 Å². The Kier molecular flexibility index (Phi) is 13.2. The molecule has 0 aliphatic carbocycles. The van der Waals surface area contributed by atoms with Crippen LogP contribution in [0.25, 0.3) is 0 Å². The van der Waals surface area contributed by atoms with Gasteiger partial charge in [0.05, 0.1) is 12.4 Å². The van der Waals surface area contributed by atoms with Crippen molar-refractivity contribution in [1.82, 2.24) is 25.9 Å². The number of carboxylic acid groups (broad SMARTS) is 1. The van der Waals surface area contributed by atoms with Gasteiger partial charge in [-0.25, -0.2) is 9.78 Å². The summed E-state index contributed by atoms with van der Waals surface area (Å²) in [6.07, 6.45) is 3.60. The van der Waals surface area contributed by atoms with Crippen LogP contribution < -0.4 is 33.2 Å². The molecule has 0 spiro atoms. The molecular weight excluding hydrogens is 546 g/mol. The molecule has 1 aromatic carbocycles. The maximum Gasteiger partial charge on any atom is 0.326 e. The van der Waals surface area contributed by atoms with Gasteiger partial charge in [-0.05, 0) is 49.3 Å². The zero-order valence-corrected chi connectivity index (χ0v) is 23.7. The maximum atomic E-state index is 13.4. The van der Waals surface area contributed by atoms with E-state index in [0.717, 1.165) is 5.56 Å². The van der Waals surface area contributed by atoms with Gasteiger partial charge in [-0.3, -0.25) is 19.4 Å². The molecule has 2 aromatic rings. The Balaban J connectivity index is 2.15. The van der Waals surface area contributed by atoms with Crippen LogP contribution in [0, 0.1) is 5.92 Å². The largest absolute Gasteiger partial charge is 0.508 e. The summed E-state index contributed by atoms with van der Waals surface area (Å²) in [5.74, 6) is -3.24. The molecule has 4 unspecified atom stereocenters. The molecule has 42 heavy (non-hydrogen) atoms. The first-order chi connectivity index (χ1) is 19.8. The van der Waals surface area contributed by atoms with Gasteiger partial charge in [0, 0.05) is 24.9 Å². The van der Waals surface area contributed by atoms with Gasteiger partial charge in [0.1, 0.15) is 23.9 Å². The minimum Gasteiger partial charge on any atom is -0.508 e. The molecule has 0 saturated heterocycles. The lowest BCUT2D eigenvalue weighted by Crippen LogP contribution is -2.57. The fourth-order valence-electron chi connectivity index (χ4n) is 4.09. The van der Waals surface area contributed by atoms with E-state index in [1.165, 1.54) is 24.7 Å². The number of amides is 3. The molecule has 1 heterocycles. The molecule has 15 nitrogen and oxygen atoms in total. The van der Waals surface area contributed by atoms with Crippen molar-refractivity contribution >= 4 is 29.7 Å². The number of hydrogen-bond donors (Lipinski definition) is 9. The summed E-state index contributed by atoms with van der Waals surface area (Å²) in [4.78, 5) is 61.9. The van der Waals surface area contributed by atoms with Gasteiger partial charge in [0.15, 0.2) is 5.96 Å². The highest BCUT2D eigenvalue weighted by Gasteiger charge is 2.31. The molecule has 0 fully saturated rings. The van der Waals surface area contributed by atoms with Crippen LogP contribution in [0.3, 0.4) is 0 Å². The normalized spacial score (nSPS) is 13.8. The van der Waals surface area contributed by atoms with Gasteiger partial charge in [-0.15, -0.1) is 0 Å². The van der Waals surface area contributed by atoms with Crippen LogP contribution in [0.1, 0.15) is 44.4 Å². The van der Waals surface area contributed by atoms with Crippen LogP contribution in [0.15, 0.2) is 41.8 Å². The molecule has 0 bridgehead atoms. The van der Waals surface area contributed by atoms with Crippen molar-refractivity contribution in [3.63, 3.8) is 0 Å². The number of carboxylic acids is 1. The number of phenolic OH excluding ortho intramolecular Hbond substituents is 1. The minimum absolute atomic E-state index is 0.00527. The number of H-pyrrole nitrogens is 1. The van der Waals surface area contributed by atoms with Gasteiger partial charge in [-0.1, -0.05) is 26.0 Å². The van der Waals surface area contributed by atoms with E-state index in [-0.39, 0.29) is 49.9 Å². The van der Waals surface area contributed by atoms with Crippen molar-refractivity contribution in [1.29, 1.82) is 0 Å². The van der Waals surface area contributed by atoms with E-state index in [9.17, 15) is 29.4 Å². The SMILES string of the molecule is CC(C)CC(NC(=O)C(N)Cc1ccc(O)cc1)C(=O)NC(CCCN=C(N)N)C(=O)NC(Cc1cnc[nH]1)C(=O)O. The first-order valence-electron chi connectivity index (χ1n) is 13.6. The number of rotatable bonds is 17. The van der Waals surface area contributed by atoms with Crippen LogP contribution in [-0.4, -0.2) is 80.5 Å². The molecule has 0 saturated carbocycles. The molecule has 0 aliphatic rings. The van der Waals surface area contributed by atoms with Crippen LogP contribution in [0.5, 0.6) is 5.75 Å². The van der Waals surface area contributed by atoms with Gasteiger partial charge in [0.2, 0.25) is 17.7 Å². The fraction of sp³-hybridized carbons (Fsp3) is 0.481. The predicted octanol–water partition coefficient (Wildman–Crippen LogP) is -1.13. The zero-order chi connectivity index (χ0) is 31.2. The fourth-order valence-corrected chi connectivity index (χ4v) is 4.09. The quantitative estimate of drug-likeness (QED) is 0.0610. The summed E-state index contributed by atoms with van der Waals surface area (Å²) in [5, 5.41) is 26.9. The number of nitrogens with two attached hydrogens (primary N) is 3. The lowest BCUT2D eigenvalue weighted by molar-refractivity contribution is -0.142. The van der Waals surface area contributed by atoms with E-state index in [1.54, 1.807) is 12.1 Å². The Hall–Kier alpha value is -4.66. The molecule has 15 heteroatoms. The number of nitrogens with zero attached hydrogens (tertiary/aromatic N) is 2. The van der Waals surface area contributed by atoms with E-state index >= 15 is 0 Å². The Morgan fingerprint density at radius 3 is 2.14 bits per heavy atom. The van der Waals surface area contributed by atoms with Gasteiger partial charge in [0.25, 0.3) is 0 Å². The monoisotopic (exact) mass is 587 g/mol. The maximum absolute atomic E-state index is 13.4. The second kappa shape index (κ2) is 16.6. The standard InChI is InChI=1S/C27H41N9O6/c1-15(2)10-21(35-23(38)19(28)11-16-5-7-18(37)8-6-16)25(40)34-20(4-3-9-32-27(29)30)24(39)36-22(26(41)42)12-17-13-31-14-33-17/h5-8,13-15,19-22,37H,3-4,9-12,28H2,1-2H3,(H,31,33)(H,34,40)(H,35,38)(H,36,39)(H,41,42)(H4,29,30,32). The average molecular weight is 588 g/mol. The van der Waals surface area contributed by atoms with Gasteiger partial charge in [-0.2, -0.15) is 0 Å². The lowest BCUT2D eigenvalue weighted by atomic mass is 10.0. The Labute approximate surface area is 243 Å². The highest BCUT2D eigenvalue weighted by molar-refractivity contribution is 5.94. The second-order valence-electron chi connectivity index (χ2n) is 10.4. The molecule has 230 valence electrons. The van der Waals surface area contributed by atoms with Crippen molar-refractivity contribution in [2.75, 3.05) is 6.54 Å². The first-order valence-corrected chi connectivity index (χ1v) is 13.6. The Morgan fingerprint density at radius 2 is 1.57 bits per heavy atom. The third-order valence-corrected chi connectivity index (χ3v) is 6.24. The van der Waals surface area contributed by atoms with Gasteiger partial charge >= 0.3 is 5.97 Å². The molecule has 2 rings (SSSR count). The van der Waals surface area contributed by atoms with Crippen molar-refractivity contribution in [3.8, 4) is 5.75 Å². The number of benzene rings is 1. The number of aliphatic carboxylic acids is 1. The smallest absolute Gasteiger partial charge is 0.326 e. The van der Waals surface area contributed by atoms with Gasteiger partial charge < -0.3 is 48.3 Å².